The monoisotopic (exact) mass is 423 g/mol. The highest BCUT2D eigenvalue weighted by Crippen LogP contribution is 2.35. The maximum Gasteiger partial charge on any atom is 0.335 e. The number of carbonyl (C=O) groups is 4. The first-order chi connectivity index (χ1) is 14.2. The Morgan fingerprint density at radius 1 is 1.10 bits per heavy atom. The number of methoxy groups -OCH3 is 1. The van der Waals surface area contributed by atoms with Gasteiger partial charge in [-0.05, 0) is 24.6 Å². The van der Waals surface area contributed by atoms with Crippen LogP contribution in [0.4, 0.5) is 5.69 Å². The van der Waals surface area contributed by atoms with Crippen molar-refractivity contribution in [3.63, 3.8) is 0 Å². The van der Waals surface area contributed by atoms with Gasteiger partial charge in [0.15, 0.2) is 12.2 Å². The van der Waals surface area contributed by atoms with Gasteiger partial charge in [0.25, 0.3) is 0 Å². The molecule has 0 saturated carbocycles. The minimum atomic E-state index is -1.33. The van der Waals surface area contributed by atoms with E-state index in [9.17, 15) is 19.2 Å². The van der Waals surface area contributed by atoms with Crippen LogP contribution in [0.2, 0.25) is 0 Å². The van der Waals surface area contributed by atoms with Crippen molar-refractivity contribution in [1.29, 1.82) is 0 Å². The van der Waals surface area contributed by atoms with Gasteiger partial charge in [0.05, 0.1) is 12.8 Å². The Morgan fingerprint density at radius 3 is 2.30 bits per heavy atom. The second-order valence-corrected chi connectivity index (χ2v) is 6.84. The Kier molecular flexibility index (Phi) is 7.76. The Labute approximate surface area is 173 Å². The minimum absolute atomic E-state index is 0.203. The zero-order chi connectivity index (χ0) is 22.4. The molecule has 0 radical (unpaired) electrons. The van der Waals surface area contributed by atoms with Crippen molar-refractivity contribution in [1.82, 2.24) is 0 Å². The van der Waals surface area contributed by atoms with Crippen molar-refractivity contribution in [2.75, 3.05) is 12.4 Å². The van der Waals surface area contributed by atoms with Gasteiger partial charge in [-0.25, -0.2) is 4.79 Å². The predicted octanol–water partition coefficient (Wildman–Crippen LogP) is 1.34. The highest BCUT2D eigenvalue weighted by atomic mass is 16.7. The standard InChI is InChI=1S/C20H25NO9/c1-10-6-7-15(14(8-10)21-9-22)29-20-18(28-13(4)24)16(27-12(3)23)11(2)17(30-20)19(25)26-5/h6-9,11,16-18,20H,1-5H3,(H,21,22)/t11-,16-,17-,18+,20+/m0/s1. The molecule has 1 N–H and O–H groups in total. The third-order valence-corrected chi connectivity index (χ3v) is 4.50. The minimum Gasteiger partial charge on any atom is -0.467 e. The first kappa shape index (κ1) is 23.1. The van der Waals surface area contributed by atoms with Crippen LogP contribution in [0.1, 0.15) is 26.3 Å². The molecule has 5 atom stereocenters. The molecule has 1 aliphatic heterocycles. The van der Waals surface area contributed by atoms with Gasteiger partial charge in [-0.15, -0.1) is 0 Å². The molecule has 10 nitrogen and oxygen atoms in total. The lowest BCUT2D eigenvalue weighted by Gasteiger charge is -2.42. The van der Waals surface area contributed by atoms with Gasteiger partial charge in [-0.1, -0.05) is 13.0 Å². The average Bonchev–Trinajstić information content (AvgIpc) is 2.67. The van der Waals surface area contributed by atoms with Gasteiger partial charge in [-0.2, -0.15) is 0 Å². The Hall–Kier alpha value is -3.14. The molecule has 0 bridgehead atoms. The van der Waals surface area contributed by atoms with Crippen LogP contribution in [0.15, 0.2) is 18.2 Å². The van der Waals surface area contributed by atoms with E-state index in [0.717, 1.165) is 5.56 Å². The topological polar surface area (TPSA) is 126 Å². The van der Waals surface area contributed by atoms with Gasteiger partial charge >= 0.3 is 17.9 Å². The van der Waals surface area contributed by atoms with Crippen molar-refractivity contribution in [2.24, 2.45) is 5.92 Å². The van der Waals surface area contributed by atoms with E-state index in [-0.39, 0.29) is 5.75 Å². The molecule has 1 aromatic rings. The van der Waals surface area contributed by atoms with E-state index in [2.05, 4.69) is 5.32 Å². The summed E-state index contributed by atoms with van der Waals surface area (Å²) in [7, 11) is 1.19. The Balaban J connectivity index is 2.46. The largest absolute Gasteiger partial charge is 0.467 e. The molecular formula is C20H25NO9. The fraction of sp³-hybridized carbons (Fsp3) is 0.500. The lowest BCUT2D eigenvalue weighted by molar-refractivity contribution is -0.266. The van der Waals surface area contributed by atoms with Crippen molar-refractivity contribution in [3.05, 3.63) is 23.8 Å². The van der Waals surface area contributed by atoms with E-state index in [1.165, 1.54) is 21.0 Å². The quantitative estimate of drug-likeness (QED) is 0.393. The normalized spacial score (nSPS) is 25.6. The Morgan fingerprint density at radius 2 is 1.73 bits per heavy atom. The lowest BCUT2D eigenvalue weighted by atomic mass is 9.90. The van der Waals surface area contributed by atoms with E-state index in [1.807, 2.05) is 6.92 Å². The van der Waals surface area contributed by atoms with Crippen LogP contribution >= 0.6 is 0 Å². The van der Waals surface area contributed by atoms with Gasteiger partial charge in [0, 0.05) is 19.8 Å². The van der Waals surface area contributed by atoms with Crippen molar-refractivity contribution in [2.45, 2.75) is 52.3 Å². The van der Waals surface area contributed by atoms with E-state index in [4.69, 9.17) is 23.7 Å². The molecule has 1 aliphatic rings. The maximum absolute atomic E-state index is 12.2. The molecule has 10 heteroatoms. The van der Waals surface area contributed by atoms with Gasteiger partial charge in [-0.3, -0.25) is 14.4 Å². The molecular weight excluding hydrogens is 398 g/mol. The van der Waals surface area contributed by atoms with Crippen LogP contribution in [0.5, 0.6) is 5.75 Å². The number of esters is 3. The number of carbonyl (C=O) groups excluding carboxylic acids is 4. The first-order valence-electron chi connectivity index (χ1n) is 9.23. The number of anilines is 1. The average molecular weight is 423 g/mol. The summed E-state index contributed by atoms with van der Waals surface area (Å²) >= 11 is 0. The zero-order valence-electron chi connectivity index (χ0n) is 17.4. The van der Waals surface area contributed by atoms with Gasteiger partial charge in [0.1, 0.15) is 5.75 Å². The number of benzene rings is 1. The summed E-state index contributed by atoms with van der Waals surface area (Å²) in [4.78, 5) is 46.6. The molecule has 1 saturated heterocycles. The summed E-state index contributed by atoms with van der Waals surface area (Å²) in [6.07, 6.45) is -4.21. The number of aryl methyl sites for hydroxylation is 1. The number of ether oxygens (including phenoxy) is 5. The van der Waals surface area contributed by atoms with E-state index in [0.29, 0.717) is 12.1 Å². The highest BCUT2D eigenvalue weighted by molar-refractivity contribution is 5.76. The zero-order valence-corrected chi connectivity index (χ0v) is 17.4. The molecule has 1 fully saturated rings. The number of hydrogen-bond donors (Lipinski definition) is 1. The SMILES string of the molecule is COC(=O)[C@H]1O[C@@H](Oc2ccc(C)cc2NC=O)[C@H](OC(C)=O)[C@@H](OC(C)=O)[C@@H]1C. The Bertz CT molecular complexity index is 809. The lowest BCUT2D eigenvalue weighted by Crippen LogP contribution is -2.60. The first-order valence-corrected chi connectivity index (χ1v) is 9.23. The fourth-order valence-electron chi connectivity index (χ4n) is 3.18. The predicted molar refractivity (Wildman–Crippen MR) is 102 cm³/mol. The van der Waals surface area contributed by atoms with Gasteiger partial charge < -0.3 is 29.0 Å². The molecule has 0 aromatic heterocycles. The number of amides is 1. The molecule has 1 amide bonds. The molecule has 164 valence electrons. The smallest absolute Gasteiger partial charge is 0.335 e. The molecule has 30 heavy (non-hydrogen) atoms. The highest BCUT2D eigenvalue weighted by Gasteiger charge is 2.52. The van der Waals surface area contributed by atoms with E-state index >= 15 is 0 Å². The summed E-state index contributed by atoms with van der Waals surface area (Å²) < 4.78 is 27.1. The van der Waals surface area contributed by atoms with Crippen LogP contribution in [0, 0.1) is 12.8 Å². The summed E-state index contributed by atoms with van der Waals surface area (Å²) in [6.45, 7) is 5.81. The third kappa shape index (κ3) is 5.47. The van der Waals surface area contributed by atoms with Crippen LogP contribution < -0.4 is 10.1 Å². The molecule has 0 spiro atoms. The van der Waals surface area contributed by atoms with Crippen LogP contribution in [0.25, 0.3) is 0 Å². The van der Waals surface area contributed by atoms with Crippen LogP contribution in [-0.4, -0.2) is 56.0 Å². The van der Waals surface area contributed by atoms with Crippen LogP contribution in [0.3, 0.4) is 0 Å². The fourth-order valence-corrected chi connectivity index (χ4v) is 3.18. The maximum atomic E-state index is 12.2. The summed E-state index contributed by atoms with van der Waals surface area (Å²) in [5.74, 6) is -2.49. The molecule has 1 aromatic carbocycles. The van der Waals surface area contributed by atoms with Crippen LogP contribution in [-0.2, 0) is 38.1 Å². The third-order valence-electron chi connectivity index (χ3n) is 4.50. The second kappa shape index (κ2) is 10.1. The number of rotatable bonds is 7. The van der Waals surface area contributed by atoms with Gasteiger partial charge in [0.2, 0.25) is 18.8 Å². The van der Waals surface area contributed by atoms with Crippen molar-refractivity contribution < 1.29 is 42.9 Å². The molecule has 0 aliphatic carbocycles. The van der Waals surface area contributed by atoms with Crippen molar-refractivity contribution >= 4 is 30.0 Å². The number of hydrogen-bond acceptors (Lipinski definition) is 9. The summed E-state index contributed by atoms with van der Waals surface area (Å²) in [5, 5.41) is 2.51. The molecule has 1 heterocycles. The summed E-state index contributed by atoms with van der Waals surface area (Å²) in [6, 6.07) is 4.98. The molecule has 2 rings (SSSR count). The summed E-state index contributed by atoms with van der Waals surface area (Å²) in [5.41, 5.74) is 1.19. The number of nitrogens with one attached hydrogen (secondary N) is 1. The van der Waals surface area contributed by atoms with Crippen molar-refractivity contribution in [3.8, 4) is 5.75 Å². The second-order valence-electron chi connectivity index (χ2n) is 6.84. The molecule has 0 unspecified atom stereocenters. The van der Waals surface area contributed by atoms with E-state index < -0.39 is 48.4 Å². The van der Waals surface area contributed by atoms with E-state index in [1.54, 1.807) is 25.1 Å².